The predicted molar refractivity (Wildman–Crippen MR) is 208 cm³/mol. The number of hydrogen-bond donors (Lipinski definition) is 4. The van der Waals surface area contributed by atoms with Crippen molar-refractivity contribution >= 4 is 23.2 Å². The average Bonchev–Trinajstić information content (AvgIpc) is 3.17. The Hall–Kier alpha value is -4.85. The van der Waals surface area contributed by atoms with Gasteiger partial charge in [-0.1, -0.05) is 24.3 Å². The van der Waals surface area contributed by atoms with E-state index in [2.05, 4.69) is 34.4 Å². The number of amides is 2. The summed E-state index contributed by atoms with van der Waals surface area (Å²) < 4.78 is 22.5. The molecule has 0 fully saturated rings. The van der Waals surface area contributed by atoms with E-state index < -0.39 is 5.91 Å². The van der Waals surface area contributed by atoms with Crippen LogP contribution in [0.3, 0.4) is 0 Å². The van der Waals surface area contributed by atoms with Gasteiger partial charge in [-0.15, -0.1) is 0 Å². The first kappa shape index (κ1) is 40.9. The van der Waals surface area contributed by atoms with E-state index in [0.29, 0.717) is 80.9 Å². The monoisotopic (exact) mass is 727 g/mol. The lowest BCUT2D eigenvalue weighted by molar-refractivity contribution is -0.00164. The molecule has 0 radical (unpaired) electrons. The third kappa shape index (κ3) is 14.2. The lowest BCUT2D eigenvalue weighted by atomic mass is 10.0. The number of aryl methyl sites for hydroxylation is 1. The smallest absolute Gasteiger partial charge is 0.255 e. The van der Waals surface area contributed by atoms with Gasteiger partial charge in [0.1, 0.15) is 5.75 Å². The summed E-state index contributed by atoms with van der Waals surface area (Å²) >= 11 is 0. The third-order valence-corrected chi connectivity index (χ3v) is 8.45. The minimum absolute atomic E-state index is 0.241. The van der Waals surface area contributed by atoms with E-state index in [9.17, 15) is 14.7 Å². The van der Waals surface area contributed by atoms with Crippen LogP contribution in [0.4, 0.5) is 11.4 Å². The predicted octanol–water partition coefficient (Wildman–Crippen LogP) is 5.44. The highest BCUT2D eigenvalue weighted by atomic mass is 16.6. The van der Waals surface area contributed by atoms with Crippen molar-refractivity contribution < 1.29 is 33.6 Å². The van der Waals surface area contributed by atoms with Gasteiger partial charge in [-0.25, -0.2) is 0 Å². The Morgan fingerprint density at radius 3 is 2.11 bits per heavy atom. The molecule has 3 aromatic carbocycles. The second kappa shape index (κ2) is 22.9. The van der Waals surface area contributed by atoms with Gasteiger partial charge in [0.2, 0.25) is 5.91 Å². The van der Waals surface area contributed by atoms with Crippen LogP contribution in [0.5, 0.6) is 5.75 Å². The van der Waals surface area contributed by atoms with Crippen molar-refractivity contribution in [1.29, 1.82) is 0 Å². The second-order valence-electron chi connectivity index (χ2n) is 12.2. The van der Waals surface area contributed by atoms with Crippen LogP contribution in [-0.4, -0.2) is 94.4 Å². The van der Waals surface area contributed by atoms with Crippen LogP contribution >= 0.6 is 0 Å². The van der Waals surface area contributed by atoms with Crippen LogP contribution in [-0.2, 0) is 31.9 Å². The molecule has 5 N–H and O–H groups in total. The highest BCUT2D eigenvalue weighted by Gasteiger charge is 2.16. The molecule has 284 valence electrons. The molecule has 12 heteroatoms. The second-order valence-corrected chi connectivity index (χ2v) is 12.2. The van der Waals surface area contributed by atoms with Crippen molar-refractivity contribution in [3.8, 4) is 17.0 Å². The Bertz CT molecular complexity index is 1700. The molecular weight excluding hydrogens is 674 g/mol. The number of pyridine rings is 1. The lowest BCUT2D eigenvalue weighted by Crippen LogP contribution is -2.22. The fraction of sp³-hybridized carbons (Fsp3) is 0.390. The van der Waals surface area contributed by atoms with E-state index >= 15 is 0 Å². The minimum Gasteiger partial charge on any atom is -0.508 e. The van der Waals surface area contributed by atoms with Crippen molar-refractivity contribution in [3.05, 3.63) is 107 Å². The normalized spacial score (nSPS) is 11.1. The molecule has 0 aliphatic rings. The quantitative estimate of drug-likeness (QED) is 0.0649. The Labute approximate surface area is 312 Å². The van der Waals surface area contributed by atoms with E-state index in [-0.39, 0.29) is 11.7 Å². The van der Waals surface area contributed by atoms with Gasteiger partial charge in [0.05, 0.1) is 57.6 Å². The summed E-state index contributed by atoms with van der Waals surface area (Å²) in [5.41, 5.74) is 11.4. The van der Waals surface area contributed by atoms with Crippen molar-refractivity contribution in [2.45, 2.75) is 33.2 Å². The number of aromatic hydroxyl groups is 1. The topological polar surface area (TPSA) is 158 Å². The Kier molecular flexibility index (Phi) is 17.7. The molecular formula is C41H53N5O7. The maximum atomic E-state index is 13.5. The molecule has 0 spiro atoms. The number of nitrogens with two attached hydrogens (primary N) is 1. The van der Waals surface area contributed by atoms with Crippen LogP contribution in [0.15, 0.2) is 85.1 Å². The van der Waals surface area contributed by atoms with Gasteiger partial charge in [0.15, 0.2) is 0 Å². The number of primary amides is 1. The number of carbonyl (C=O) groups is 2. The van der Waals surface area contributed by atoms with Crippen LogP contribution in [0.25, 0.3) is 11.3 Å². The summed E-state index contributed by atoms with van der Waals surface area (Å²) in [5, 5.41) is 15.7. The number of nitrogens with one attached hydrogen (secondary N) is 2. The number of anilines is 2. The maximum Gasteiger partial charge on any atom is 0.255 e. The molecule has 0 bridgehead atoms. The molecule has 1 heterocycles. The molecule has 1 aromatic heterocycles. The molecule has 53 heavy (non-hydrogen) atoms. The highest BCUT2D eigenvalue weighted by molar-refractivity contribution is 6.06. The van der Waals surface area contributed by atoms with E-state index in [0.717, 1.165) is 55.8 Å². The molecule has 2 amide bonds. The fourth-order valence-electron chi connectivity index (χ4n) is 5.56. The molecule has 0 aliphatic carbocycles. The van der Waals surface area contributed by atoms with Crippen molar-refractivity contribution in [2.24, 2.45) is 5.73 Å². The van der Waals surface area contributed by atoms with Crippen molar-refractivity contribution in [2.75, 3.05) is 82.7 Å². The third-order valence-electron chi connectivity index (χ3n) is 8.45. The maximum absolute atomic E-state index is 13.5. The van der Waals surface area contributed by atoms with Gasteiger partial charge < -0.3 is 45.3 Å². The van der Waals surface area contributed by atoms with Gasteiger partial charge >= 0.3 is 0 Å². The van der Waals surface area contributed by atoms with Crippen LogP contribution in [0.2, 0.25) is 0 Å². The zero-order valence-electron chi connectivity index (χ0n) is 30.9. The van der Waals surface area contributed by atoms with Crippen LogP contribution in [0.1, 0.15) is 52.1 Å². The summed E-state index contributed by atoms with van der Waals surface area (Å²) in [4.78, 5) is 32.0. The number of benzene rings is 3. The first-order chi connectivity index (χ1) is 25.9. The molecule has 0 atom stereocenters. The number of phenols is 1. The SMILES string of the molecule is CCN(CC)c1ccc(NC(=O)c2cccc(CCCOCCOCCOCCOCCNCc3ccc(O)cc3)c2)c(-c2cc(C(N)=O)ccn2)c1. The average molecular weight is 728 g/mol. The van der Waals surface area contributed by atoms with Gasteiger partial charge in [-0.3, -0.25) is 14.6 Å². The number of carbonyl (C=O) groups excluding carboxylic acids is 2. The summed E-state index contributed by atoms with van der Waals surface area (Å²) in [5.74, 6) is -0.516. The minimum atomic E-state index is -0.543. The number of aromatic nitrogens is 1. The molecule has 4 rings (SSSR count). The van der Waals surface area contributed by atoms with Crippen molar-refractivity contribution in [3.63, 3.8) is 0 Å². The van der Waals surface area contributed by atoms with Gasteiger partial charge in [-0.2, -0.15) is 0 Å². The van der Waals surface area contributed by atoms with E-state index in [1.54, 1.807) is 36.5 Å². The Morgan fingerprint density at radius 1 is 0.755 bits per heavy atom. The summed E-state index contributed by atoms with van der Waals surface area (Å²) in [6.45, 7) is 11.4. The van der Waals surface area contributed by atoms with E-state index in [1.807, 2.05) is 48.5 Å². The largest absolute Gasteiger partial charge is 0.508 e. The number of phenolic OH excluding ortho intramolecular Hbond substituents is 1. The number of nitrogens with zero attached hydrogens (tertiary/aromatic N) is 2. The van der Waals surface area contributed by atoms with Gasteiger partial charge in [-0.05, 0) is 92.4 Å². The lowest BCUT2D eigenvalue weighted by Gasteiger charge is -2.23. The van der Waals surface area contributed by atoms with Gasteiger partial charge in [0, 0.05) is 61.4 Å². The first-order valence-electron chi connectivity index (χ1n) is 18.2. The Balaban J connectivity index is 1.10. The standard InChI is InChI=1S/C41H53N5O7/c1-3-46(4-2)35-12-15-38(37(29-35)39-28-33(40(42)48)16-17-44-39)45-41(49)34-9-5-7-31(27-34)8-6-19-50-21-23-52-25-26-53-24-22-51-20-18-43-30-32-10-13-36(47)14-11-32/h5,7,9-17,27-29,43,47H,3-4,6,8,18-26,30H2,1-2H3,(H2,42,48)(H,45,49). The zero-order valence-corrected chi connectivity index (χ0v) is 30.9. The Morgan fingerprint density at radius 2 is 1.43 bits per heavy atom. The molecule has 0 aliphatic heterocycles. The fourth-order valence-corrected chi connectivity index (χ4v) is 5.56. The summed E-state index contributed by atoms with van der Waals surface area (Å²) in [6, 6.07) is 23.7. The summed E-state index contributed by atoms with van der Waals surface area (Å²) in [6.07, 6.45) is 3.11. The van der Waals surface area contributed by atoms with Gasteiger partial charge in [0.25, 0.3) is 5.91 Å². The molecule has 0 saturated carbocycles. The number of rotatable bonds is 25. The number of hydrogen-bond acceptors (Lipinski definition) is 10. The zero-order chi connectivity index (χ0) is 37.7. The van der Waals surface area contributed by atoms with E-state index in [4.69, 9.17) is 24.7 Å². The molecule has 12 nitrogen and oxygen atoms in total. The van der Waals surface area contributed by atoms with Crippen molar-refractivity contribution in [1.82, 2.24) is 10.3 Å². The summed E-state index contributed by atoms with van der Waals surface area (Å²) in [7, 11) is 0. The first-order valence-corrected chi connectivity index (χ1v) is 18.2. The van der Waals surface area contributed by atoms with Crippen LogP contribution < -0.4 is 21.3 Å². The number of ether oxygens (including phenoxy) is 4. The molecule has 0 saturated heterocycles. The van der Waals surface area contributed by atoms with E-state index in [1.165, 1.54) is 0 Å². The highest BCUT2D eigenvalue weighted by Crippen LogP contribution is 2.32. The molecule has 4 aromatic rings. The molecule has 0 unspecified atom stereocenters. The van der Waals surface area contributed by atoms with Crippen LogP contribution in [0, 0.1) is 0 Å².